The largest absolute Gasteiger partial charge is 0.493 e. The molecule has 1 spiro atoms. The van der Waals surface area contributed by atoms with Crippen molar-refractivity contribution in [2.75, 3.05) is 20.7 Å². The van der Waals surface area contributed by atoms with Gasteiger partial charge in [-0.3, -0.25) is 14.5 Å². The summed E-state index contributed by atoms with van der Waals surface area (Å²) >= 11 is 0. The van der Waals surface area contributed by atoms with Crippen LogP contribution in [0.1, 0.15) is 24.5 Å². The maximum absolute atomic E-state index is 12.8. The maximum atomic E-state index is 12.8. The van der Waals surface area contributed by atoms with Gasteiger partial charge in [-0.05, 0) is 50.2 Å². The molecule has 0 radical (unpaired) electrons. The number of benzene rings is 1. The van der Waals surface area contributed by atoms with Crippen molar-refractivity contribution >= 4 is 11.8 Å². The lowest BCUT2D eigenvalue weighted by atomic mass is 9.50. The summed E-state index contributed by atoms with van der Waals surface area (Å²) in [6.07, 6.45) is 4.07. The second-order valence-electron chi connectivity index (χ2n) is 7.67. The van der Waals surface area contributed by atoms with Gasteiger partial charge in [-0.2, -0.15) is 0 Å². The molecule has 2 aliphatic heterocycles. The summed E-state index contributed by atoms with van der Waals surface area (Å²) in [5.74, 6) is 0.824. The first-order valence-corrected chi connectivity index (χ1v) is 8.94. The minimum Gasteiger partial charge on any atom is -0.493 e. The zero-order chi connectivity index (χ0) is 18.3. The number of likely N-dealkylation sites (N-methyl/N-ethyl adjacent to an activating group) is 1. The van der Waals surface area contributed by atoms with E-state index in [9.17, 15) is 9.59 Å². The molecule has 5 rings (SSSR count). The highest BCUT2D eigenvalue weighted by Crippen LogP contribution is 2.64. The van der Waals surface area contributed by atoms with Gasteiger partial charge < -0.3 is 14.2 Å². The van der Waals surface area contributed by atoms with Crippen LogP contribution in [0.25, 0.3) is 0 Å². The first-order valence-electron chi connectivity index (χ1n) is 8.94. The van der Waals surface area contributed by atoms with Gasteiger partial charge in [0.15, 0.2) is 29.0 Å². The molecule has 6 heteroatoms. The normalized spacial score (nSPS) is 36.3. The first-order chi connectivity index (χ1) is 12.4. The molecule has 1 aromatic carbocycles. The highest BCUT2D eigenvalue weighted by atomic mass is 16.6. The predicted molar refractivity (Wildman–Crippen MR) is 92.5 cm³/mol. The molecule has 1 aromatic rings. The summed E-state index contributed by atoms with van der Waals surface area (Å²) in [5.41, 5.74) is 0.532. The number of ketones is 1. The van der Waals surface area contributed by atoms with Gasteiger partial charge in [0.1, 0.15) is 0 Å². The van der Waals surface area contributed by atoms with Gasteiger partial charge in [0.05, 0.1) is 18.6 Å². The zero-order valence-corrected chi connectivity index (χ0v) is 15.1. The van der Waals surface area contributed by atoms with Gasteiger partial charge in [0.25, 0.3) is 0 Å². The number of esters is 1. The number of likely N-dealkylation sites (tertiary alicyclic amines) is 1. The minimum atomic E-state index is -0.908. The van der Waals surface area contributed by atoms with Crippen LogP contribution in [0.15, 0.2) is 24.3 Å². The molecule has 2 bridgehead atoms. The van der Waals surface area contributed by atoms with Crippen LogP contribution in [0, 0.1) is 0 Å². The lowest BCUT2D eigenvalue weighted by Gasteiger charge is -2.61. The Bertz CT molecular complexity index is 877. The molecular weight excluding hydrogens is 334 g/mol. The number of hydrogen-bond donors (Lipinski definition) is 0. The monoisotopic (exact) mass is 355 g/mol. The quantitative estimate of drug-likeness (QED) is 0.747. The van der Waals surface area contributed by atoms with E-state index in [0.717, 1.165) is 24.1 Å². The maximum Gasteiger partial charge on any atom is 0.303 e. The van der Waals surface area contributed by atoms with Crippen LogP contribution < -0.4 is 9.47 Å². The fourth-order valence-electron chi connectivity index (χ4n) is 5.68. The van der Waals surface area contributed by atoms with Gasteiger partial charge >= 0.3 is 5.97 Å². The number of ether oxygens (including phenoxy) is 3. The average Bonchev–Trinajstić information content (AvgIpc) is 2.96. The number of carbonyl (C=O) groups is 2. The van der Waals surface area contributed by atoms with E-state index < -0.39 is 17.1 Å². The smallest absolute Gasteiger partial charge is 0.303 e. The van der Waals surface area contributed by atoms with Crippen molar-refractivity contribution in [3.8, 4) is 11.5 Å². The Hall–Kier alpha value is -2.34. The molecule has 1 saturated heterocycles. The molecule has 4 aliphatic rings. The van der Waals surface area contributed by atoms with Crippen molar-refractivity contribution in [3.63, 3.8) is 0 Å². The van der Waals surface area contributed by atoms with Gasteiger partial charge in [-0.1, -0.05) is 6.07 Å². The number of nitrogens with zero attached hydrogens (tertiary/aromatic N) is 1. The van der Waals surface area contributed by atoms with Crippen molar-refractivity contribution in [1.29, 1.82) is 0 Å². The molecule has 136 valence electrons. The van der Waals surface area contributed by atoms with E-state index in [4.69, 9.17) is 14.2 Å². The molecule has 2 aliphatic carbocycles. The molecule has 0 N–H and O–H groups in total. The SMILES string of the molecule is COc1ccc2c3c1OC1C(=O)C=CC4(OC(C)=O)C(C2)N(C)CCC314. The summed E-state index contributed by atoms with van der Waals surface area (Å²) in [6, 6.07) is 3.91. The molecule has 6 nitrogen and oxygen atoms in total. The summed E-state index contributed by atoms with van der Waals surface area (Å²) in [7, 11) is 3.65. The molecular formula is C20H21NO5. The third kappa shape index (κ3) is 1.57. The van der Waals surface area contributed by atoms with E-state index in [2.05, 4.69) is 11.0 Å². The Morgan fingerprint density at radius 1 is 1.38 bits per heavy atom. The van der Waals surface area contributed by atoms with Crippen LogP contribution in [-0.4, -0.2) is 55.1 Å². The standard InChI is InChI=1S/C20H21NO5/c1-11(22)26-20-7-6-13(23)18-19(20)8-9-21(2)15(20)10-12-4-5-14(24-3)17(25-18)16(12)19/h4-7,15,18H,8-10H2,1-3H3. The number of carbonyl (C=O) groups excluding carboxylic acids is 2. The van der Waals surface area contributed by atoms with Crippen LogP contribution in [0.3, 0.4) is 0 Å². The lowest BCUT2D eigenvalue weighted by molar-refractivity contribution is -0.188. The van der Waals surface area contributed by atoms with Gasteiger partial charge in [-0.25, -0.2) is 0 Å². The van der Waals surface area contributed by atoms with E-state index in [1.165, 1.54) is 13.0 Å². The Morgan fingerprint density at radius 2 is 2.19 bits per heavy atom. The fourth-order valence-corrected chi connectivity index (χ4v) is 5.68. The summed E-state index contributed by atoms with van der Waals surface area (Å²) in [5, 5.41) is 0. The summed E-state index contributed by atoms with van der Waals surface area (Å²) in [4.78, 5) is 27.2. The Kier molecular flexibility index (Phi) is 2.98. The van der Waals surface area contributed by atoms with E-state index in [1.54, 1.807) is 7.11 Å². The van der Waals surface area contributed by atoms with Crippen molar-refractivity contribution in [1.82, 2.24) is 4.90 Å². The first kappa shape index (κ1) is 15.9. The van der Waals surface area contributed by atoms with Crippen LogP contribution in [0.5, 0.6) is 11.5 Å². The van der Waals surface area contributed by atoms with E-state index >= 15 is 0 Å². The van der Waals surface area contributed by atoms with Gasteiger partial charge in [0.2, 0.25) is 0 Å². The fraction of sp³-hybridized carbons (Fsp3) is 0.500. The molecule has 1 fully saturated rings. The Labute approximate surface area is 151 Å². The molecule has 0 aromatic heterocycles. The second kappa shape index (κ2) is 4.88. The molecule has 2 heterocycles. The zero-order valence-electron chi connectivity index (χ0n) is 15.1. The number of hydrogen-bond acceptors (Lipinski definition) is 6. The highest BCUT2D eigenvalue weighted by Gasteiger charge is 2.74. The van der Waals surface area contributed by atoms with Crippen LogP contribution in [-0.2, 0) is 26.2 Å². The summed E-state index contributed by atoms with van der Waals surface area (Å²) < 4.78 is 17.8. The van der Waals surface area contributed by atoms with Crippen LogP contribution in [0.2, 0.25) is 0 Å². The van der Waals surface area contributed by atoms with E-state index in [0.29, 0.717) is 17.9 Å². The second-order valence-corrected chi connectivity index (χ2v) is 7.67. The molecule has 0 saturated carbocycles. The van der Waals surface area contributed by atoms with Gasteiger partial charge in [-0.15, -0.1) is 0 Å². The highest BCUT2D eigenvalue weighted by molar-refractivity contribution is 5.99. The third-order valence-corrected chi connectivity index (χ3v) is 6.62. The number of piperidine rings is 1. The minimum absolute atomic E-state index is 0.0394. The van der Waals surface area contributed by atoms with Crippen LogP contribution >= 0.6 is 0 Å². The lowest BCUT2D eigenvalue weighted by Crippen LogP contribution is -2.75. The van der Waals surface area contributed by atoms with E-state index in [1.807, 2.05) is 19.2 Å². The topological polar surface area (TPSA) is 65.1 Å². The molecule has 0 amide bonds. The van der Waals surface area contributed by atoms with Crippen molar-refractivity contribution in [2.24, 2.45) is 0 Å². The predicted octanol–water partition coefficient (Wildman–Crippen LogP) is 1.40. The molecule has 4 unspecified atom stereocenters. The summed E-state index contributed by atoms with van der Waals surface area (Å²) in [6.45, 7) is 2.24. The Balaban J connectivity index is 1.87. The molecule has 4 atom stereocenters. The van der Waals surface area contributed by atoms with Crippen molar-refractivity contribution < 1.29 is 23.8 Å². The van der Waals surface area contributed by atoms with Crippen molar-refractivity contribution in [2.45, 2.75) is 42.9 Å². The van der Waals surface area contributed by atoms with Crippen LogP contribution in [0.4, 0.5) is 0 Å². The number of methoxy groups -OCH3 is 1. The van der Waals surface area contributed by atoms with Gasteiger partial charge in [0, 0.05) is 12.5 Å². The third-order valence-electron chi connectivity index (χ3n) is 6.62. The average molecular weight is 355 g/mol. The van der Waals surface area contributed by atoms with E-state index in [-0.39, 0.29) is 17.8 Å². The Morgan fingerprint density at radius 3 is 2.92 bits per heavy atom. The van der Waals surface area contributed by atoms with Crippen molar-refractivity contribution in [3.05, 3.63) is 35.4 Å². The number of rotatable bonds is 2. The molecule has 26 heavy (non-hydrogen) atoms.